The molecule has 2 heteroatoms. The first-order valence-electron chi connectivity index (χ1n) is 4.08. The minimum absolute atomic E-state index is 0.730. The van der Waals surface area contributed by atoms with Gasteiger partial charge in [-0.25, -0.2) is 0 Å². The lowest BCUT2D eigenvalue weighted by atomic mass is 10.2. The van der Waals surface area contributed by atoms with E-state index >= 15 is 0 Å². The Bertz CT molecular complexity index is 235. The van der Waals surface area contributed by atoms with Crippen LogP contribution in [0.1, 0.15) is 12.5 Å². The van der Waals surface area contributed by atoms with Crippen LogP contribution in [-0.4, -0.2) is 12.9 Å². The van der Waals surface area contributed by atoms with Gasteiger partial charge in [0, 0.05) is 11.5 Å². The van der Waals surface area contributed by atoms with E-state index in [4.69, 9.17) is 4.74 Å². The second-order valence-electron chi connectivity index (χ2n) is 2.45. The zero-order valence-electron chi connectivity index (χ0n) is 7.54. The number of thioether (sulfide) groups is 1. The normalized spacial score (nSPS) is 10.2. The third kappa shape index (κ3) is 2.54. The van der Waals surface area contributed by atoms with Gasteiger partial charge in [0.05, 0.1) is 6.61 Å². The molecule has 12 heavy (non-hydrogen) atoms. The molecule has 1 nitrogen and oxygen atoms in total. The van der Waals surface area contributed by atoms with Crippen LogP contribution in [-0.2, 0) is 11.3 Å². The molecule has 66 valence electrons. The fourth-order valence-electron chi connectivity index (χ4n) is 1.03. The van der Waals surface area contributed by atoms with Crippen molar-refractivity contribution in [2.24, 2.45) is 0 Å². The van der Waals surface area contributed by atoms with E-state index in [-0.39, 0.29) is 0 Å². The summed E-state index contributed by atoms with van der Waals surface area (Å²) < 4.78 is 5.35. The van der Waals surface area contributed by atoms with Crippen molar-refractivity contribution in [1.29, 1.82) is 0 Å². The summed E-state index contributed by atoms with van der Waals surface area (Å²) in [5.41, 5.74) is 1.28. The van der Waals surface area contributed by atoms with E-state index in [2.05, 4.69) is 24.5 Å². The Kier molecular flexibility index (Phi) is 4.19. The minimum atomic E-state index is 0.730. The third-order valence-corrected chi connectivity index (χ3v) is 2.49. The fraction of sp³-hybridized carbons (Fsp3) is 0.400. The molecule has 0 saturated carbocycles. The molecule has 1 aromatic rings. The number of hydrogen-bond donors (Lipinski definition) is 0. The smallest absolute Gasteiger partial charge is 0.0727 e. The van der Waals surface area contributed by atoms with E-state index in [9.17, 15) is 0 Å². The Labute approximate surface area is 78.1 Å². The second-order valence-corrected chi connectivity index (χ2v) is 3.30. The molecule has 0 aliphatic heterocycles. The van der Waals surface area contributed by atoms with Gasteiger partial charge in [0.15, 0.2) is 0 Å². The molecule has 0 spiro atoms. The first-order valence-corrected chi connectivity index (χ1v) is 5.30. The van der Waals surface area contributed by atoms with Crippen LogP contribution >= 0.6 is 11.8 Å². The van der Waals surface area contributed by atoms with Gasteiger partial charge in [-0.3, -0.25) is 0 Å². The highest BCUT2D eigenvalue weighted by Crippen LogP contribution is 2.20. The summed E-state index contributed by atoms with van der Waals surface area (Å²) in [5, 5.41) is 0. The zero-order chi connectivity index (χ0) is 8.81. The molecule has 0 heterocycles. The fourth-order valence-corrected chi connectivity index (χ4v) is 1.64. The molecule has 0 aliphatic carbocycles. The number of ether oxygens (including phenoxy) is 1. The largest absolute Gasteiger partial charge is 0.377 e. The monoisotopic (exact) mass is 182 g/mol. The summed E-state index contributed by atoms with van der Waals surface area (Å²) in [5.74, 6) is 0. The van der Waals surface area contributed by atoms with Crippen molar-refractivity contribution < 1.29 is 4.74 Å². The Morgan fingerprint density at radius 3 is 2.75 bits per heavy atom. The van der Waals surface area contributed by atoms with Crippen molar-refractivity contribution in [3.63, 3.8) is 0 Å². The maximum atomic E-state index is 5.35. The van der Waals surface area contributed by atoms with Crippen LogP contribution in [0.2, 0.25) is 0 Å². The van der Waals surface area contributed by atoms with E-state index in [1.54, 1.807) is 11.8 Å². The van der Waals surface area contributed by atoms with Crippen LogP contribution in [0.25, 0.3) is 0 Å². The molecule has 0 fully saturated rings. The van der Waals surface area contributed by atoms with Gasteiger partial charge in [-0.1, -0.05) is 18.2 Å². The molecule has 0 bridgehead atoms. The van der Waals surface area contributed by atoms with Gasteiger partial charge in [-0.2, -0.15) is 0 Å². The average molecular weight is 182 g/mol. The van der Waals surface area contributed by atoms with E-state index in [0.717, 1.165) is 13.2 Å². The van der Waals surface area contributed by atoms with Crippen LogP contribution in [0.4, 0.5) is 0 Å². The van der Waals surface area contributed by atoms with Gasteiger partial charge in [0.25, 0.3) is 0 Å². The van der Waals surface area contributed by atoms with Crippen molar-refractivity contribution in [2.45, 2.75) is 18.4 Å². The highest BCUT2D eigenvalue weighted by Gasteiger charge is 1.98. The highest BCUT2D eigenvalue weighted by atomic mass is 32.2. The maximum Gasteiger partial charge on any atom is 0.0727 e. The van der Waals surface area contributed by atoms with Crippen molar-refractivity contribution in [3.8, 4) is 0 Å². The van der Waals surface area contributed by atoms with Crippen LogP contribution < -0.4 is 0 Å². The van der Waals surface area contributed by atoms with Gasteiger partial charge in [0.1, 0.15) is 0 Å². The minimum Gasteiger partial charge on any atom is -0.377 e. The number of rotatable bonds is 4. The molecule has 0 aromatic heterocycles. The Morgan fingerprint density at radius 2 is 2.08 bits per heavy atom. The topological polar surface area (TPSA) is 9.23 Å². The van der Waals surface area contributed by atoms with E-state index in [1.165, 1.54) is 10.5 Å². The lowest BCUT2D eigenvalue weighted by Gasteiger charge is -2.05. The lowest BCUT2D eigenvalue weighted by molar-refractivity contribution is 0.132. The molecule has 1 rings (SSSR count). The summed E-state index contributed by atoms with van der Waals surface area (Å²) in [6.07, 6.45) is 2.09. The predicted molar refractivity (Wildman–Crippen MR) is 53.6 cm³/mol. The quantitative estimate of drug-likeness (QED) is 0.662. The second kappa shape index (κ2) is 5.22. The molecule has 0 atom stereocenters. The maximum absolute atomic E-state index is 5.35. The standard InChI is InChI=1S/C10H14OS/c1-3-11-8-9-6-4-5-7-10(9)12-2/h4-7H,3,8H2,1-2H3. The van der Waals surface area contributed by atoms with Crippen LogP contribution in [0.3, 0.4) is 0 Å². The molecule has 1 aromatic carbocycles. The van der Waals surface area contributed by atoms with Gasteiger partial charge in [-0.15, -0.1) is 11.8 Å². The average Bonchev–Trinajstić information content (AvgIpc) is 2.15. The highest BCUT2D eigenvalue weighted by molar-refractivity contribution is 7.98. The van der Waals surface area contributed by atoms with E-state index in [1.807, 2.05) is 13.0 Å². The van der Waals surface area contributed by atoms with E-state index < -0.39 is 0 Å². The lowest BCUT2D eigenvalue weighted by Crippen LogP contribution is -1.93. The number of hydrogen-bond acceptors (Lipinski definition) is 2. The van der Waals surface area contributed by atoms with E-state index in [0.29, 0.717) is 0 Å². The number of benzene rings is 1. The first-order chi connectivity index (χ1) is 5.88. The summed E-state index contributed by atoms with van der Waals surface area (Å²) in [6, 6.07) is 8.34. The van der Waals surface area contributed by atoms with Gasteiger partial charge >= 0.3 is 0 Å². The molecule has 0 amide bonds. The SMILES string of the molecule is CCOCc1ccccc1SC. The Balaban J connectivity index is 2.68. The molecule has 0 radical (unpaired) electrons. The Morgan fingerprint density at radius 1 is 1.33 bits per heavy atom. The van der Waals surface area contributed by atoms with Gasteiger partial charge in [-0.05, 0) is 24.8 Å². The molecule has 0 N–H and O–H groups in total. The summed E-state index contributed by atoms with van der Waals surface area (Å²) in [7, 11) is 0. The zero-order valence-corrected chi connectivity index (χ0v) is 8.36. The van der Waals surface area contributed by atoms with Gasteiger partial charge in [0.2, 0.25) is 0 Å². The Hall–Kier alpha value is -0.470. The summed E-state index contributed by atoms with van der Waals surface area (Å²) in [6.45, 7) is 3.53. The van der Waals surface area contributed by atoms with Crippen LogP contribution in [0.15, 0.2) is 29.2 Å². The first kappa shape index (κ1) is 9.62. The molecule has 0 aliphatic rings. The summed E-state index contributed by atoms with van der Waals surface area (Å²) in [4.78, 5) is 1.31. The third-order valence-electron chi connectivity index (χ3n) is 1.65. The summed E-state index contributed by atoms with van der Waals surface area (Å²) >= 11 is 1.77. The van der Waals surface area contributed by atoms with Gasteiger partial charge < -0.3 is 4.74 Å². The molecule has 0 saturated heterocycles. The van der Waals surface area contributed by atoms with Crippen molar-refractivity contribution >= 4 is 11.8 Å². The van der Waals surface area contributed by atoms with Crippen LogP contribution in [0, 0.1) is 0 Å². The predicted octanol–water partition coefficient (Wildman–Crippen LogP) is 2.95. The van der Waals surface area contributed by atoms with Crippen molar-refractivity contribution in [3.05, 3.63) is 29.8 Å². The molecular formula is C10H14OS. The van der Waals surface area contributed by atoms with Crippen LogP contribution in [0.5, 0.6) is 0 Å². The molecular weight excluding hydrogens is 168 g/mol. The van der Waals surface area contributed by atoms with Crippen molar-refractivity contribution in [1.82, 2.24) is 0 Å². The van der Waals surface area contributed by atoms with Crippen molar-refractivity contribution in [2.75, 3.05) is 12.9 Å². The molecule has 0 unspecified atom stereocenters.